The first-order chi connectivity index (χ1) is 14.0. The average molecular weight is 499 g/mol. The Kier molecular flexibility index (Phi) is 4.49. The molecule has 2 heterocycles. The largest absolute Gasteiger partial charge is 0.318 e. The minimum absolute atomic E-state index is 0.137. The van der Waals surface area contributed by atoms with Crippen LogP contribution in [0.25, 0.3) is 5.69 Å². The number of carbonyl (C=O) groups excluding carboxylic acids is 2. The summed E-state index contributed by atoms with van der Waals surface area (Å²) in [5.74, 6) is -0.339. The van der Waals surface area contributed by atoms with Crippen molar-refractivity contribution in [3.05, 3.63) is 63.0 Å². The van der Waals surface area contributed by atoms with E-state index in [0.29, 0.717) is 0 Å². The van der Waals surface area contributed by atoms with Gasteiger partial charge in [-0.05, 0) is 91.4 Å². The Balaban J connectivity index is 1.44. The smallest absolute Gasteiger partial charge is 0.254 e. The van der Waals surface area contributed by atoms with Crippen molar-refractivity contribution >= 4 is 40.6 Å². The first-order valence-corrected chi connectivity index (χ1v) is 11.1. The number of carbonyl (C=O) groups is 2. The molecule has 2 bridgehead atoms. The zero-order chi connectivity index (χ0) is 20.3. The predicted octanol–water partition coefficient (Wildman–Crippen LogP) is 4.23. The van der Waals surface area contributed by atoms with Crippen LogP contribution in [0.1, 0.15) is 29.8 Å². The number of halogens is 1. The predicted molar refractivity (Wildman–Crippen MR) is 120 cm³/mol. The molecule has 6 rings (SSSR count). The van der Waals surface area contributed by atoms with Crippen molar-refractivity contribution in [2.75, 3.05) is 0 Å². The lowest BCUT2D eigenvalue weighted by Crippen LogP contribution is -2.38. The zero-order valence-corrected chi connectivity index (χ0v) is 18.5. The van der Waals surface area contributed by atoms with Gasteiger partial charge in [-0.15, -0.1) is 0 Å². The summed E-state index contributed by atoms with van der Waals surface area (Å²) in [7, 11) is 0. The molecule has 1 aliphatic heterocycles. The molecule has 4 atom stereocenters. The fourth-order valence-electron chi connectivity index (χ4n) is 5.20. The van der Waals surface area contributed by atoms with Gasteiger partial charge in [0.1, 0.15) is 0 Å². The lowest BCUT2D eigenvalue weighted by molar-refractivity contribution is -0.140. The van der Waals surface area contributed by atoms with Gasteiger partial charge in [0.2, 0.25) is 0 Å². The summed E-state index contributed by atoms with van der Waals surface area (Å²) in [6, 6.07) is 10.4. The van der Waals surface area contributed by atoms with E-state index >= 15 is 0 Å². The zero-order valence-electron chi connectivity index (χ0n) is 16.4. The molecule has 0 spiro atoms. The van der Waals surface area contributed by atoms with E-state index in [1.807, 2.05) is 19.9 Å². The van der Waals surface area contributed by atoms with Crippen LogP contribution in [0, 0.1) is 41.1 Å². The van der Waals surface area contributed by atoms with Gasteiger partial charge in [0.15, 0.2) is 0 Å². The second kappa shape index (κ2) is 6.93. The summed E-state index contributed by atoms with van der Waals surface area (Å²) in [5, 5.41) is 5.50. The number of hydrogen-bond acceptors (Lipinski definition) is 3. The van der Waals surface area contributed by atoms with Crippen molar-refractivity contribution in [3.8, 4) is 5.69 Å². The van der Waals surface area contributed by atoms with Crippen LogP contribution in [0.15, 0.2) is 47.6 Å². The van der Waals surface area contributed by atoms with Crippen molar-refractivity contribution in [3.63, 3.8) is 0 Å². The van der Waals surface area contributed by atoms with Crippen LogP contribution in [-0.2, 0) is 9.59 Å². The van der Waals surface area contributed by atoms with Crippen molar-refractivity contribution in [1.82, 2.24) is 9.58 Å². The van der Waals surface area contributed by atoms with Crippen molar-refractivity contribution in [2.45, 2.75) is 26.7 Å². The van der Waals surface area contributed by atoms with Gasteiger partial charge >= 0.3 is 0 Å². The van der Waals surface area contributed by atoms with E-state index in [1.165, 1.54) is 3.57 Å². The Hall–Kier alpha value is -2.22. The number of allylic oxidation sites excluding steroid dienone is 2. The first-order valence-electron chi connectivity index (χ1n) is 10.0. The van der Waals surface area contributed by atoms with Gasteiger partial charge in [-0.25, -0.2) is 0 Å². The maximum Gasteiger partial charge on any atom is 0.254 e. The van der Waals surface area contributed by atoms with Gasteiger partial charge in [-0.2, -0.15) is 10.1 Å². The maximum atomic E-state index is 12.9. The minimum atomic E-state index is -0.220. The number of fused-ring (bicyclic) bond motifs is 1. The highest BCUT2D eigenvalue weighted by molar-refractivity contribution is 14.1. The highest BCUT2D eigenvalue weighted by atomic mass is 127. The first kappa shape index (κ1) is 18.8. The Bertz CT molecular complexity index is 1030. The molecule has 29 heavy (non-hydrogen) atoms. The van der Waals surface area contributed by atoms with E-state index in [0.717, 1.165) is 40.5 Å². The monoisotopic (exact) mass is 499 g/mol. The summed E-state index contributed by atoms with van der Waals surface area (Å²) in [6.07, 6.45) is 7.91. The lowest BCUT2D eigenvalue weighted by atomic mass is 9.63. The molecular formula is C23H22IN3O2. The van der Waals surface area contributed by atoms with E-state index in [-0.39, 0.29) is 35.5 Å². The molecule has 2 fully saturated rings. The number of benzene rings is 1. The van der Waals surface area contributed by atoms with E-state index in [2.05, 4.69) is 68.7 Å². The fourth-order valence-corrected chi connectivity index (χ4v) is 5.56. The molecule has 2 aromatic rings. The van der Waals surface area contributed by atoms with Gasteiger partial charge < -0.3 is 4.57 Å². The number of imide groups is 1. The van der Waals surface area contributed by atoms with E-state index in [9.17, 15) is 9.59 Å². The quantitative estimate of drug-likeness (QED) is 0.275. The van der Waals surface area contributed by atoms with Gasteiger partial charge in [0.05, 0.1) is 18.1 Å². The van der Waals surface area contributed by atoms with Crippen LogP contribution in [0.2, 0.25) is 0 Å². The molecule has 2 amide bonds. The third-order valence-electron chi connectivity index (χ3n) is 6.60. The molecule has 1 saturated carbocycles. The Morgan fingerprint density at radius 1 is 1.00 bits per heavy atom. The topological polar surface area (TPSA) is 54.7 Å². The highest BCUT2D eigenvalue weighted by Crippen LogP contribution is 2.49. The number of hydrogen-bond donors (Lipinski definition) is 0. The number of aryl methyl sites for hydroxylation is 1. The third-order valence-corrected chi connectivity index (χ3v) is 7.32. The standard InChI is InChI=1S/C23H22IN3O2/c1-13-11-17(14(2)26(13)19-9-7-18(24)8-10-19)12-25-27-22(28)20-15-3-4-16(6-5-15)21(20)23(27)29/h3-4,7-12,15-16,20-21H,5-6H2,1-2H3/b25-12-/t15-,16-,20-,21+/m0/s1. The lowest BCUT2D eigenvalue weighted by Gasteiger charge is -2.37. The number of nitrogens with zero attached hydrogens (tertiary/aromatic N) is 3. The number of rotatable bonds is 3. The fraction of sp³-hybridized carbons (Fsp3) is 0.348. The average Bonchev–Trinajstić information content (AvgIpc) is 3.16. The van der Waals surface area contributed by atoms with Gasteiger partial charge in [0, 0.05) is 26.2 Å². The number of amides is 2. The molecule has 3 aliphatic carbocycles. The SMILES string of the molecule is Cc1cc(/C=N\N2C(=O)[C@@H]3[C@H](C2=O)[C@H]2C=C[C@H]3CC2)c(C)n1-c1ccc(I)cc1. The number of hydrazone groups is 1. The molecule has 1 saturated heterocycles. The molecule has 4 aliphatic rings. The van der Waals surface area contributed by atoms with Crippen molar-refractivity contribution in [2.24, 2.45) is 28.8 Å². The summed E-state index contributed by atoms with van der Waals surface area (Å²) in [6.45, 7) is 4.08. The molecule has 1 aromatic heterocycles. The second-order valence-corrected chi connectivity index (χ2v) is 9.46. The molecule has 148 valence electrons. The van der Waals surface area contributed by atoms with Gasteiger partial charge in [0.25, 0.3) is 11.8 Å². The van der Waals surface area contributed by atoms with Crippen LogP contribution in [-0.4, -0.2) is 27.6 Å². The summed E-state index contributed by atoms with van der Waals surface area (Å²) in [4.78, 5) is 25.8. The second-order valence-electron chi connectivity index (χ2n) is 8.21. The molecular weight excluding hydrogens is 477 g/mol. The molecule has 5 nitrogen and oxygen atoms in total. The summed E-state index contributed by atoms with van der Waals surface area (Å²) in [5.41, 5.74) is 4.12. The minimum Gasteiger partial charge on any atom is -0.318 e. The highest BCUT2D eigenvalue weighted by Gasteiger charge is 2.56. The maximum absolute atomic E-state index is 12.9. The Morgan fingerprint density at radius 3 is 2.14 bits per heavy atom. The van der Waals surface area contributed by atoms with Crippen LogP contribution < -0.4 is 0 Å². The summed E-state index contributed by atoms with van der Waals surface area (Å²) < 4.78 is 3.35. The van der Waals surface area contributed by atoms with Gasteiger partial charge in [-0.1, -0.05) is 12.2 Å². The molecule has 6 heteroatoms. The van der Waals surface area contributed by atoms with E-state index < -0.39 is 0 Å². The Morgan fingerprint density at radius 2 is 1.59 bits per heavy atom. The molecule has 0 N–H and O–H groups in total. The van der Waals surface area contributed by atoms with Gasteiger partial charge in [-0.3, -0.25) is 9.59 Å². The van der Waals surface area contributed by atoms with Crippen molar-refractivity contribution in [1.29, 1.82) is 0 Å². The van der Waals surface area contributed by atoms with Crippen LogP contribution in [0.4, 0.5) is 0 Å². The molecule has 0 unspecified atom stereocenters. The number of aromatic nitrogens is 1. The van der Waals surface area contributed by atoms with Crippen LogP contribution in [0.3, 0.4) is 0 Å². The normalized spacial score (nSPS) is 28.0. The third kappa shape index (κ3) is 2.91. The van der Waals surface area contributed by atoms with E-state index in [4.69, 9.17) is 0 Å². The molecule has 1 aromatic carbocycles. The van der Waals surface area contributed by atoms with Crippen LogP contribution in [0.5, 0.6) is 0 Å². The van der Waals surface area contributed by atoms with E-state index in [1.54, 1.807) is 6.21 Å². The molecule has 0 radical (unpaired) electrons. The van der Waals surface area contributed by atoms with Crippen LogP contribution >= 0.6 is 22.6 Å². The summed E-state index contributed by atoms with van der Waals surface area (Å²) >= 11 is 2.29. The Labute approximate surface area is 183 Å². The van der Waals surface area contributed by atoms with Crippen molar-refractivity contribution < 1.29 is 9.59 Å².